The number of hydrogen-bond donors (Lipinski definition) is 1. The SMILES string of the molecule is Cc1nc2cc(C(N)C(F)(F)F)ccc2o1. The van der Waals surface area contributed by atoms with Gasteiger partial charge in [-0.15, -0.1) is 0 Å². The lowest BCUT2D eigenvalue weighted by molar-refractivity contribution is -0.149. The summed E-state index contributed by atoms with van der Waals surface area (Å²) in [6, 6.07) is 2.04. The van der Waals surface area contributed by atoms with Gasteiger partial charge in [-0.25, -0.2) is 4.98 Å². The molecule has 86 valence electrons. The second-order valence-corrected chi connectivity index (χ2v) is 3.48. The highest BCUT2D eigenvalue weighted by Crippen LogP contribution is 2.31. The van der Waals surface area contributed by atoms with E-state index in [2.05, 4.69) is 4.98 Å². The van der Waals surface area contributed by atoms with Gasteiger partial charge in [0.15, 0.2) is 11.5 Å². The van der Waals surface area contributed by atoms with E-state index in [1.165, 1.54) is 18.2 Å². The summed E-state index contributed by atoms with van der Waals surface area (Å²) in [5, 5.41) is 0. The Morgan fingerprint density at radius 2 is 2.06 bits per heavy atom. The van der Waals surface area contributed by atoms with Crippen LogP contribution >= 0.6 is 0 Å². The molecule has 2 aromatic rings. The van der Waals surface area contributed by atoms with Crippen molar-refractivity contribution in [3.05, 3.63) is 29.7 Å². The van der Waals surface area contributed by atoms with Crippen molar-refractivity contribution in [3.8, 4) is 0 Å². The molecule has 0 aliphatic heterocycles. The molecule has 1 unspecified atom stereocenters. The van der Waals surface area contributed by atoms with E-state index in [1.807, 2.05) is 0 Å². The topological polar surface area (TPSA) is 52.0 Å². The van der Waals surface area contributed by atoms with E-state index in [9.17, 15) is 13.2 Å². The lowest BCUT2D eigenvalue weighted by Gasteiger charge is -2.15. The molecule has 0 spiro atoms. The van der Waals surface area contributed by atoms with E-state index >= 15 is 0 Å². The summed E-state index contributed by atoms with van der Waals surface area (Å²) in [6.45, 7) is 1.63. The summed E-state index contributed by atoms with van der Waals surface area (Å²) in [7, 11) is 0. The number of fused-ring (bicyclic) bond motifs is 1. The van der Waals surface area contributed by atoms with Crippen molar-refractivity contribution in [1.29, 1.82) is 0 Å². The highest BCUT2D eigenvalue weighted by Gasteiger charge is 2.37. The molecule has 3 nitrogen and oxygen atoms in total. The fourth-order valence-corrected chi connectivity index (χ4v) is 1.44. The molecule has 0 radical (unpaired) electrons. The molecule has 0 saturated carbocycles. The normalized spacial score (nSPS) is 14.3. The van der Waals surface area contributed by atoms with Crippen molar-refractivity contribution >= 4 is 11.1 Å². The van der Waals surface area contributed by atoms with Crippen LogP contribution in [-0.2, 0) is 0 Å². The number of rotatable bonds is 1. The van der Waals surface area contributed by atoms with Crippen molar-refractivity contribution in [1.82, 2.24) is 4.98 Å². The van der Waals surface area contributed by atoms with Gasteiger partial charge in [0.05, 0.1) is 0 Å². The predicted molar refractivity (Wildman–Crippen MR) is 51.7 cm³/mol. The summed E-state index contributed by atoms with van der Waals surface area (Å²) in [4.78, 5) is 3.95. The molecule has 0 bridgehead atoms. The Kier molecular flexibility index (Phi) is 2.38. The minimum Gasteiger partial charge on any atom is -0.441 e. The molecule has 0 aliphatic rings. The monoisotopic (exact) mass is 230 g/mol. The number of benzene rings is 1. The zero-order valence-electron chi connectivity index (χ0n) is 8.38. The first-order valence-electron chi connectivity index (χ1n) is 4.57. The van der Waals surface area contributed by atoms with E-state index in [0.717, 1.165) is 0 Å². The molecule has 1 heterocycles. The summed E-state index contributed by atoms with van der Waals surface area (Å²) >= 11 is 0. The summed E-state index contributed by atoms with van der Waals surface area (Å²) in [5.41, 5.74) is 5.90. The minimum absolute atomic E-state index is 0.0201. The van der Waals surface area contributed by atoms with Crippen LogP contribution in [0.4, 0.5) is 13.2 Å². The molecule has 0 fully saturated rings. The Morgan fingerprint density at radius 3 is 2.69 bits per heavy atom. The Balaban J connectivity index is 2.46. The van der Waals surface area contributed by atoms with Crippen LogP contribution in [0, 0.1) is 6.92 Å². The zero-order chi connectivity index (χ0) is 11.9. The Bertz CT molecular complexity index is 518. The van der Waals surface area contributed by atoms with Gasteiger partial charge in [-0.2, -0.15) is 13.2 Å². The number of nitrogens with zero attached hydrogens (tertiary/aromatic N) is 1. The number of aryl methyl sites for hydroxylation is 1. The van der Waals surface area contributed by atoms with Gasteiger partial charge in [0.1, 0.15) is 11.6 Å². The first-order chi connectivity index (χ1) is 7.38. The second-order valence-electron chi connectivity index (χ2n) is 3.48. The Labute approximate surface area is 89.1 Å². The molecule has 1 aromatic heterocycles. The number of alkyl halides is 3. The van der Waals surface area contributed by atoms with Crippen LogP contribution in [0.5, 0.6) is 0 Å². The largest absolute Gasteiger partial charge is 0.441 e. The van der Waals surface area contributed by atoms with Gasteiger partial charge in [-0.3, -0.25) is 0 Å². The van der Waals surface area contributed by atoms with Gasteiger partial charge in [-0.05, 0) is 17.7 Å². The van der Waals surface area contributed by atoms with Crippen LogP contribution in [-0.4, -0.2) is 11.2 Å². The van der Waals surface area contributed by atoms with E-state index < -0.39 is 12.2 Å². The van der Waals surface area contributed by atoms with Crippen LogP contribution in [0.1, 0.15) is 17.5 Å². The number of halogens is 3. The first-order valence-corrected chi connectivity index (χ1v) is 4.57. The van der Waals surface area contributed by atoms with Crippen LogP contribution in [0.15, 0.2) is 22.6 Å². The van der Waals surface area contributed by atoms with Gasteiger partial charge in [0.2, 0.25) is 0 Å². The molecule has 1 atom stereocenters. The smallest absolute Gasteiger partial charge is 0.407 e. The molecule has 16 heavy (non-hydrogen) atoms. The van der Waals surface area contributed by atoms with E-state index in [0.29, 0.717) is 17.0 Å². The molecule has 2 rings (SSSR count). The number of hydrogen-bond acceptors (Lipinski definition) is 3. The van der Waals surface area contributed by atoms with E-state index in [-0.39, 0.29) is 5.56 Å². The van der Waals surface area contributed by atoms with Gasteiger partial charge < -0.3 is 10.2 Å². The summed E-state index contributed by atoms with van der Waals surface area (Å²) in [5.74, 6) is 0.410. The van der Waals surface area contributed by atoms with E-state index in [1.54, 1.807) is 6.92 Å². The van der Waals surface area contributed by atoms with Crippen LogP contribution in [0.3, 0.4) is 0 Å². The quantitative estimate of drug-likeness (QED) is 0.819. The van der Waals surface area contributed by atoms with E-state index in [4.69, 9.17) is 10.2 Å². The fraction of sp³-hybridized carbons (Fsp3) is 0.300. The van der Waals surface area contributed by atoms with Crippen molar-refractivity contribution in [2.24, 2.45) is 5.73 Å². The van der Waals surface area contributed by atoms with Crippen molar-refractivity contribution in [2.45, 2.75) is 19.1 Å². The average molecular weight is 230 g/mol. The highest BCUT2D eigenvalue weighted by molar-refractivity contribution is 5.73. The number of aromatic nitrogens is 1. The van der Waals surface area contributed by atoms with Crippen molar-refractivity contribution in [3.63, 3.8) is 0 Å². The maximum atomic E-state index is 12.4. The van der Waals surface area contributed by atoms with Crippen LogP contribution < -0.4 is 5.73 Å². The van der Waals surface area contributed by atoms with Crippen molar-refractivity contribution in [2.75, 3.05) is 0 Å². The van der Waals surface area contributed by atoms with Crippen LogP contribution in [0.2, 0.25) is 0 Å². The predicted octanol–water partition coefficient (Wildman–Crippen LogP) is 2.70. The number of nitrogens with two attached hydrogens (primary N) is 1. The molecule has 0 amide bonds. The third kappa shape index (κ3) is 1.88. The first kappa shape index (κ1) is 10.9. The minimum atomic E-state index is -4.45. The lowest BCUT2D eigenvalue weighted by Crippen LogP contribution is -2.28. The van der Waals surface area contributed by atoms with Gasteiger partial charge >= 0.3 is 6.18 Å². The third-order valence-electron chi connectivity index (χ3n) is 2.23. The Hall–Kier alpha value is -1.56. The summed E-state index contributed by atoms with van der Waals surface area (Å²) in [6.07, 6.45) is -4.45. The zero-order valence-corrected chi connectivity index (χ0v) is 8.38. The second kappa shape index (κ2) is 3.48. The lowest BCUT2D eigenvalue weighted by atomic mass is 10.1. The molecule has 0 aliphatic carbocycles. The summed E-state index contributed by atoms with van der Waals surface area (Å²) < 4.78 is 42.3. The van der Waals surface area contributed by atoms with Gasteiger partial charge in [0, 0.05) is 6.92 Å². The average Bonchev–Trinajstić information content (AvgIpc) is 2.54. The Morgan fingerprint density at radius 1 is 1.38 bits per heavy atom. The highest BCUT2D eigenvalue weighted by atomic mass is 19.4. The molecule has 2 N–H and O–H groups in total. The van der Waals surface area contributed by atoms with Gasteiger partial charge in [-0.1, -0.05) is 6.07 Å². The maximum Gasteiger partial charge on any atom is 0.407 e. The molecule has 6 heteroatoms. The standard InChI is InChI=1S/C10H9F3N2O/c1-5-15-7-4-6(2-3-8(7)16-5)9(14)10(11,12)13/h2-4,9H,14H2,1H3. The molecule has 1 aromatic carbocycles. The maximum absolute atomic E-state index is 12.4. The third-order valence-corrected chi connectivity index (χ3v) is 2.23. The van der Waals surface area contributed by atoms with Crippen LogP contribution in [0.25, 0.3) is 11.1 Å². The molecule has 0 saturated heterocycles. The van der Waals surface area contributed by atoms with Gasteiger partial charge in [0.25, 0.3) is 0 Å². The molecular formula is C10H9F3N2O. The fourth-order valence-electron chi connectivity index (χ4n) is 1.44. The number of oxazole rings is 1. The molecular weight excluding hydrogens is 221 g/mol. The van der Waals surface area contributed by atoms with Crippen molar-refractivity contribution < 1.29 is 17.6 Å².